The van der Waals surface area contributed by atoms with Gasteiger partial charge in [-0.15, -0.1) is 5.10 Å². The van der Waals surface area contributed by atoms with Crippen LogP contribution in [-0.4, -0.2) is 27.1 Å². The maximum atomic E-state index is 11.7. The summed E-state index contributed by atoms with van der Waals surface area (Å²) in [7, 11) is 0. The fraction of sp³-hybridized carbons (Fsp3) is 0.636. The van der Waals surface area contributed by atoms with Gasteiger partial charge in [-0.05, 0) is 26.2 Å². The summed E-state index contributed by atoms with van der Waals surface area (Å²) in [6.07, 6.45) is 0.629. The van der Waals surface area contributed by atoms with Crippen LogP contribution < -0.4 is 11.1 Å². The van der Waals surface area contributed by atoms with E-state index >= 15 is 0 Å². The normalized spacial score (nSPS) is 12.6. The molecule has 17 heavy (non-hydrogen) atoms. The first-order valence-electron chi connectivity index (χ1n) is 5.64. The second-order valence-corrected chi connectivity index (χ2v) is 4.53. The van der Waals surface area contributed by atoms with Gasteiger partial charge in [0, 0.05) is 0 Å². The van der Waals surface area contributed by atoms with Crippen LogP contribution in [0.4, 0.5) is 5.95 Å². The summed E-state index contributed by atoms with van der Waals surface area (Å²) < 4.78 is 0. The van der Waals surface area contributed by atoms with Gasteiger partial charge in [0.15, 0.2) is 0 Å². The van der Waals surface area contributed by atoms with Crippen molar-refractivity contribution in [1.29, 1.82) is 0 Å². The number of anilines is 1. The number of amides is 1. The molecule has 1 heterocycles. The zero-order valence-corrected chi connectivity index (χ0v) is 10.7. The van der Waals surface area contributed by atoms with Crippen LogP contribution in [0.5, 0.6) is 0 Å². The summed E-state index contributed by atoms with van der Waals surface area (Å²) in [6, 6.07) is -0.541. The van der Waals surface area contributed by atoms with Gasteiger partial charge in [-0.25, -0.2) is 4.98 Å². The van der Waals surface area contributed by atoms with Crippen LogP contribution >= 0.6 is 0 Å². The summed E-state index contributed by atoms with van der Waals surface area (Å²) >= 11 is 0. The molecular formula is C11H19N5O. The van der Waals surface area contributed by atoms with Crippen molar-refractivity contribution in [1.82, 2.24) is 15.2 Å². The maximum Gasteiger partial charge on any atom is 0.249 e. The van der Waals surface area contributed by atoms with E-state index in [1.54, 1.807) is 0 Å². The van der Waals surface area contributed by atoms with Crippen molar-refractivity contribution in [3.05, 3.63) is 11.4 Å². The van der Waals surface area contributed by atoms with Crippen molar-refractivity contribution >= 4 is 11.9 Å². The average Bonchev–Trinajstić information content (AvgIpc) is 2.22. The Labute approximate surface area is 101 Å². The number of aryl methyl sites for hydroxylation is 2. The number of nitrogens with zero attached hydrogens (tertiary/aromatic N) is 3. The lowest BCUT2D eigenvalue weighted by Gasteiger charge is -2.13. The van der Waals surface area contributed by atoms with E-state index in [1.807, 2.05) is 27.7 Å². The van der Waals surface area contributed by atoms with Crippen molar-refractivity contribution in [3.8, 4) is 0 Å². The summed E-state index contributed by atoms with van der Waals surface area (Å²) in [5.41, 5.74) is 7.23. The van der Waals surface area contributed by atoms with Crippen molar-refractivity contribution in [2.24, 2.45) is 11.7 Å². The van der Waals surface area contributed by atoms with E-state index in [9.17, 15) is 4.79 Å². The van der Waals surface area contributed by atoms with Crippen LogP contribution in [0.3, 0.4) is 0 Å². The van der Waals surface area contributed by atoms with Gasteiger partial charge < -0.3 is 5.73 Å². The van der Waals surface area contributed by atoms with E-state index in [-0.39, 0.29) is 11.9 Å². The van der Waals surface area contributed by atoms with Crippen LogP contribution in [0.15, 0.2) is 0 Å². The lowest BCUT2D eigenvalue weighted by molar-refractivity contribution is -0.117. The first-order valence-corrected chi connectivity index (χ1v) is 5.64. The van der Waals surface area contributed by atoms with E-state index in [0.717, 1.165) is 11.4 Å². The van der Waals surface area contributed by atoms with E-state index in [1.165, 1.54) is 0 Å². The fourth-order valence-corrected chi connectivity index (χ4v) is 1.33. The Kier molecular flexibility index (Phi) is 4.51. The molecule has 0 spiro atoms. The first-order chi connectivity index (χ1) is 7.90. The number of nitrogens with two attached hydrogens (primary N) is 1. The third-order valence-electron chi connectivity index (χ3n) is 2.39. The Balaban J connectivity index is 2.64. The number of carbonyl (C=O) groups excluding carboxylic acids is 1. The average molecular weight is 237 g/mol. The molecule has 0 saturated heterocycles. The minimum atomic E-state index is -0.541. The van der Waals surface area contributed by atoms with E-state index in [0.29, 0.717) is 12.3 Å². The molecule has 3 N–H and O–H groups in total. The highest BCUT2D eigenvalue weighted by Crippen LogP contribution is 2.06. The Morgan fingerprint density at radius 1 is 1.29 bits per heavy atom. The summed E-state index contributed by atoms with van der Waals surface area (Å²) in [4.78, 5) is 15.8. The smallest absolute Gasteiger partial charge is 0.249 e. The van der Waals surface area contributed by atoms with Gasteiger partial charge in [-0.2, -0.15) is 5.10 Å². The lowest BCUT2D eigenvalue weighted by atomic mass is 10.0. The Hall–Kier alpha value is -1.56. The second-order valence-electron chi connectivity index (χ2n) is 4.53. The zero-order valence-electron chi connectivity index (χ0n) is 10.7. The number of carbonyl (C=O) groups is 1. The minimum absolute atomic E-state index is 0.206. The molecule has 0 aliphatic rings. The molecule has 1 aromatic rings. The van der Waals surface area contributed by atoms with Crippen LogP contribution in [0.2, 0.25) is 0 Å². The predicted molar refractivity (Wildman–Crippen MR) is 65.4 cm³/mol. The van der Waals surface area contributed by atoms with E-state index in [2.05, 4.69) is 20.5 Å². The van der Waals surface area contributed by atoms with Gasteiger partial charge in [0.2, 0.25) is 11.9 Å². The number of aromatic nitrogens is 3. The van der Waals surface area contributed by atoms with Gasteiger partial charge in [0.25, 0.3) is 0 Å². The lowest BCUT2D eigenvalue weighted by Crippen LogP contribution is -2.37. The third-order valence-corrected chi connectivity index (χ3v) is 2.39. The van der Waals surface area contributed by atoms with Gasteiger partial charge >= 0.3 is 0 Å². The quantitative estimate of drug-likeness (QED) is 0.807. The molecule has 0 saturated carbocycles. The van der Waals surface area contributed by atoms with E-state index < -0.39 is 6.04 Å². The molecule has 0 radical (unpaired) electrons. The highest BCUT2D eigenvalue weighted by atomic mass is 16.2. The Morgan fingerprint density at radius 2 is 1.94 bits per heavy atom. The molecule has 6 nitrogen and oxygen atoms in total. The maximum absolute atomic E-state index is 11.7. The molecule has 0 unspecified atom stereocenters. The highest BCUT2D eigenvalue weighted by Gasteiger charge is 2.16. The zero-order chi connectivity index (χ0) is 13.0. The molecule has 0 bridgehead atoms. The van der Waals surface area contributed by atoms with Crippen LogP contribution in [0.25, 0.3) is 0 Å². The molecule has 0 aliphatic carbocycles. The van der Waals surface area contributed by atoms with Crippen LogP contribution in [0.1, 0.15) is 31.7 Å². The van der Waals surface area contributed by atoms with Gasteiger partial charge in [-0.1, -0.05) is 13.8 Å². The number of nitrogens with one attached hydrogen (secondary N) is 1. The molecule has 1 amide bonds. The Bertz CT molecular complexity index is 405. The third kappa shape index (κ3) is 4.07. The van der Waals surface area contributed by atoms with Crippen molar-refractivity contribution < 1.29 is 4.79 Å². The fourth-order valence-electron chi connectivity index (χ4n) is 1.33. The molecule has 0 aromatic carbocycles. The van der Waals surface area contributed by atoms with Gasteiger partial charge in [0.05, 0.1) is 17.4 Å². The number of rotatable bonds is 4. The minimum Gasteiger partial charge on any atom is -0.320 e. The van der Waals surface area contributed by atoms with Crippen molar-refractivity contribution in [2.75, 3.05) is 5.32 Å². The predicted octanol–water partition coefficient (Wildman–Crippen LogP) is 0.800. The highest BCUT2D eigenvalue weighted by molar-refractivity contribution is 5.93. The molecule has 94 valence electrons. The molecular weight excluding hydrogens is 218 g/mol. The summed E-state index contributed by atoms with van der Waals surface area (Å²) in [5, 5.41) is 10.2. The van der Waals surface area contributed by atoms with Crippen molar-refractivity contribution in [2.45, 2.75) is 40.2 Å². The molecule has 1 atom stereocenters. The molecule has 6 heteroatoms. The van der Waals surface area contributed by atoms with Gasteiger partial charge in [-0.3, -0.25) is 10.1 Å². The van der Waals surface area contributed by atoms with Crippen molar-refractivity contribution in [3.63, 3.8) is 0 Å². The second kappa shape index (κ2) is 5.67. The monoisotopic (exact) mass is 237 g/mol. The van der Waals surface area contributed by atoms with Gasteiger partial charge in [0.1, 0.15) is 0 Å². The summed E-state index contributed by atoms with van der Waals surface area (Å²) in [5.74, 6) is 0.301. The van der Waals surface area contributed by atoms with E-state index in [4.69, 9.17) is 5.73 Å². The topological polar surface area (TPSA) is 93.8 Å². The standard InChI is InChI=1S/C11H19N5O/c1-6(2)5-9(12)10(17)14-11-13-7(3)8(4)15-16-11/h6,9H,5,12H2,1-4H3,(H,13,14,16,17)/t9-/m0/s1. The van der Waals surface area contributed by atoms with Crippen LogP contribution in [0, 0.1) is 19.8 Å². The largest absolute Gasteiger partial charge is 0.320 e. The number of hydrogen-bond acceptors (Lipinski definition) is 5. The SMILES string of the molecule is Cc1nnc(NC(=O)[C@@H](N)CC(C)C)nc1C. The molecule has 0 aliphatic heterocycles. The Morgan fingerprint density at radius 3 is 2.47 bits per heavy atom. The first kappa shape index (κ1) is 13.5. The molecule has 0 fully saturated rings. The van der Waals surface area contributed by atoms with Crippen LogP contribution in [-0.2, 0) is 4.79 Å². The number of hydrogen-bond donors (Lipinski definition) is 2. The molecule has 1 aromatic heterocycles. The molecule has 1 rings (SSSR count). The summed E-state index contributed by atoms with van der Waals surface area (Å²) in [6.45, 7) is 7.65.